The van der Waals surface area contributed by atoms with Crippen LogP contribution >= 0.6 is 0 Å². The largest absolute Gasteiger partial charge is 0.417 e. The SMILES string of the molecule is N#C[C@@H]1CC(F)(F)CN1C(=O)CNC12CC3CC(C1)CC(Nc1ccc(C(F)(F)F)cn1)(C3)C2. The number of halogens is 5. The topological polar surface area (TPSA) is 81.0 Å². The summed E-state index contributed by atoms with van der Waals surface area (Å²) in [7, 11) is 0. The minimum absolute atomic E-state index is 0.123. The minimum atomic E-state index is -4.45. The zero-order chi connectivity index (χ0) is 24.4. The van der Waals surface area contributed by atoms with E-state index in [4.69, 9.17) is 0 Å². The number of hydrogen-bond acceptors (Lipinski definition) is 5. The Kier molecular flexibility index (Phi) is 5.32. The standard InChI is InChI=1S/C23H26F5N5O/c24-22(25)8-17(9-29)33(13-22)19(34)11-31-20-4-14-3-15(5-20)7-21(6-14,12-20)32-18-2-1-16(10-30-18)23(26,27)28/h1-2,10,14-15,17,31H,3-8,11-13H2,(H,30,32)/t14?,15?,17-,20?,21?/m0/s1. The second-order valence-electron chi connectivity index (χ2n) is 10.7. The highest BCUT2D eigenvalue weighted by atomic mass is 19.4. The highest BCUT2D eigenvalue weighted by molar-refractivity contribution is 5.79. The molecule has 4 saturated carbocycles. The first-order valence-corrected chi connectivity index (χ1v) is 11.5. The van der Waals surface area contributed by atoms with Gasteiger partial charge in [-0.15, -0.1) is 0 Å². The van der Waals surface area contributed by atoms with Crippen molar-refractivity contribution in [2.24, 2.45) is 11.8 Å². The lowest BCUT2D eigenvalue weighted by molar-refractivity contribution is -0.137. The predicted molar refractivity (Wildman–Crippen MR) is 112 cm³/mol. The van der Waals surface area contributed by atoms with Crippen molar-refractivity contribution in [3.05, 3.63) is 23.9 Å². The number of nitrogens with one attached hydrogen (secondary N) is 2. The van der Waals surface area contributed by atoms with Crippen LogP contribution in [0.5, 0.6) is 0 Å². The Hall–Kier alpha value is -2.48. The van der Waals surface area contributed by atoms with Crippen molar-refractivity contribution >= 4 is 11.7 Å². The van der Waals surface area contributed by atoms with Crippen LogP contribution < -0.4 is 10.6 Å². The second-order valence-corrected chi connectivity index (χ2v) is 10.7. The van der Waals surface area contributed by atoms with Gasteiger partial charge in [0.2, 0.25) is 5.91 Å². The molecule has 1 aromatic rings. The number of amides is 1. The van der Waals surface area contributed by atoms with Crippen LogP contribution in [-0.2, 0) is 11.0 Å². The Labute approximate surface area is 193 Å². The summed E-state index contributed by atoms with van der Waals surface area (Å²) in [6.45, 7) is -0.864. The summed E-state index contributed by atoms with van der Waals surface area (Å²) in [5.41, 5.74) is -1.51. The van der Waals surface area contributed by atoms with Gasteiger partial charge in [0.05, 0.1) is 24.7 Å². The third kappa shape index (κ3) is 4.32. The van der Waals surface area contributed by atoms with E-state index in [0.29, 0.717) is 24.1 Å². The zero-order valence-corrected chi connectivity index (χ0v) is 18.5. The van der Waals surface area contributed by atoms with E-state index in [-0.39, 0.29) is 17.6 Å². The molecular formula is C23H26F5N5O. The molecule has 1 saturated heterocycles. The molecule has 0 radical (unpaired) electrons. The average Bonchev–Trinajstić information content (AvgIpc) is 3.05. The van der Waals surface area contributed by atoms with Gasteiger partial charge in [0, 0.05) is 23.7 Å². The number of nitrogens with zero attached hydrogens (tertiary/aromatic N) is 3. The molecule has 2 heterocycles. The lowest BCUT2D eigenvalue weighted by Gasteiger charge is -2.62. The van der Waals surface area contributed by atoms with Crippen LogP contribution in [0, 0.1) is 23.2 Å². The summed E-state index contributed by atoms with van der Waals surface area (Å²) in [6.07, 6.45) is 0.937. The van der Waals surface area contributed by atoms with Gasteiger partial charge >= 0.3 is 6.18 Å². The van der Waals surface area contributed by atoms with E-state index in [1.54, 1.807) is 6.07 Å². The van der Waals surface area contributed by atoms with Crippen LogP contribution in [0.15, 0.2) is 18.3 Å². The lowest BCUT2D eigenvalue weighted by atomic mass is 9.50. The Morgan fingerprint density at radius 1 is 1.15 bits per heavy atom. The first-order valence-electron chi connectivity index (χ1n) is 11.5. The van der Waals surface area contributed by atoms with E-state index in [0.717, 1.165) is 49.3 Å². The summed E-state index contributed by atoms with van der Waals surface area (Å²) in [6, 6.07) is 3.04. The van der Waals surface area contributed by atoms with Gasteiger partial charge in [0.15, 0.2) is 0 Å². The predicted octanol–water partition coefficient (Wildman–Crippen LogP) is 3.95. The summed E-state index contributed by atoms with van der Waals surface area (Å²) >= 11 is 0. The first kappa shape index (κ1) is 23.3. The van der Waals surface area contributed by atoms with Crippen molar-refractivity contribution in [2.75, 3.05) is 18.4 Å². The number of carbonyl (C=O) groups excluding carboxylic acids is 1. The summed E-state index contributed by atoms with van der Waals surface area (Å²) in [4.78, 5) is 17.7. The molecule has 2 N–H and O–H groups in total. The Bertz CT molecular complexity index is 990. The highest BCUT2D eigenvalue weighted by Gasteiger charge is 2.58. The van der Waals surface area contributed by atoms with Crippen LogP contribution in [0.1, 0.15) is 50.5 Å². The maximum absolute atomic E-state index is 13.8. The van der Waals surface area contributed by atoms with Crippen molar-refractivity contribution in [1.82, 2.24) is 15.2 Å². The fraction of sp³-hybridized carbons (Fsp3) is 0.696. The van der Waals surface area contributed by atoms with Gasteiger partial charge in [-0.3, -0.25) is 4.79 Å². The number of alkyl halides is 5. The summed E-state index contributed by atoms with van der Waals surface area (Å²) < 4.78 is 66.1. The van der Waals surface area contributed by atoms with Crippen molar-refractivity contribution in [2.45, 2.75) is 74.2 Å². The van der Waals surface area contributed by atoms with Gasteiger partial charge in [-0.1, -0.05) is 0 Å². The number of hydrogen-bond donors (Lipinski definition) is 2. The van der Waals surface area contributed by atoms with Gasteiger partial charge in [-0.25, -0.2) is 13.8 Å². The van der Waals surface area contributed by atoms with Gasteiger partial charge in [0.25, 0.3) is 5.92 Å². The van der Waals surface area contributed by atoms with E-state index in [9.17, 15) is 32.0 Å². The molecule has 5 aliphatic rings. The molecule has 0 spiro atoms. The smallest absolute Gasteiger partial charge is 0.365 e. The molecule has 3 atom stereocenters. The van der Waals surface area contributed by atoms with E-state index in [2.05, 4.69) is 15.6 Å². The second kappa shape index (κ2) is 7.77. The molecule has 4 bridgehead atoms. The molecule has 0 aromatic carbocycles. The van der Waals surface area contributed by atoms with Crippen LogP contribution in [0.3, 0.4) is 0 Å². The Balaban J connectivity index is 1.28. The number of likely N-dealkylation sites (tertiary alicyclic amines) is 1. The third-order valence-corrected chi connectivity index (χ3v) is 7.90. The number of nitriles is 1. The zero-order valence-electron chi connectivity index (χ0n) is 18.5. The normalized spacial score (nSPS) is 35.9. The molecule has 5 fully saturated rings. The fourth-order valence-corrected chi connectivity index (χ4v) is 7.08. The number of pyridine rings is 1. The van der Waals surface area contributed by atoms with Gasteiger partial charge < -0.3 is 15.5 Å². The van der Waals surface area contributed by atoms with E-state index >= 15 is 0 Å². The van der Waals surface area contributed by atoms with E-state index in [1.165, 1.54) is 6.07 Å². The van der Waals surface area contributed by atoms with E-state index in [1.807, 2.05) is 0 Å². The molecular weight excluding hydrogens is 457 g/mol. The van der Waals surface area contributed by atoms with Crippen molar-refractivity contribution < 1.29 is 26.7 Å². The molecule has 34 heavy (non-hydrogen) atoms. The highest BCUT2D eigenvalue weighted by Crippen LogP contribution is 2.58. The third-order valence-electron chi connectivity index (χ3n) is 7.90. The van der Waals surface area contributed by atoms with Crippen LogP contribution in [-0.4, -0.2) is 51.9 Å². The molecule has 1 amide bonds. The van der Waals surface area contributed by atoms with Gasteiger partial charge in [-0.2, -0.15) is 18.4 Å². The number of carbonyl (C=O) groups is 1. The molecule has 6 rings (SSSR count). The molecule has 4 aliphatic carbocycles. The Morgan fingerprint density at radius 3 is 2.41 bits per heavy atom. The fourth-order valence-electron chi connectivity index (χ4n) is 7.08. The first-order chi connectivity index (χ1) is 15.9. The van der Waals surface area contributed by atoms with Crippen LogP contribution in [0.25, 0.3) is 0 Å². The minimum Gasteiger partial charge on any atom is -0.365 e. The maximum atomic E-state index is 13.8. The molecule has 2 unspecified atom stereocenters. The average molecular weight is 483 g/mol. The summed E-state index contributed by atoms with van der Waals surface area (Å²) in [5.74, 6) is -2.38. The molecule has 6 nitrogen and oxygen atoms in total. The Morgan fingerprint density at radius 2 is 1.82 bits per heavy atom. The van der Waals surface area contributed by atoms with Crippen molar-refractivity contribution in [3.8, 4) is 6.07 Å². The number of rotatable bonds is 5. The maximum Gasteiger partial charge on any atom is 0.417 e. The van der Waals surface area contributed by atoms with Crippen LogP contribution in [0.2, 0.25) is 0 Å². The van der Waals surface area contributed by atoms with Crippen LogP contribution in [0.4, 0.5) is 27.8 Å². The van der Waals surface area contributed by atoms with Gasteiger partial charge in [-0.05, 0) is 62.5 Å². The monoisotopic (exact) mass is 483 g/mol. The van der Waals surface area contributed by atoms with Crippen molar-refractivity contribution in [3.63, 3.8) is 0 Å². The summed E-state index contributed by atoms with van der Waals surface area (Å²) in [5, 5.41) is 15.9. The molecule has 184 valence electrons. The van der Waals surface area contributed by atoms with E-state index < -0.39 is 42.6 Å². The number of aromatic nitrogens is 1. The number of anilines is 1. The van der Waals surface area contributed by atoms with Crippen molar-refractivity contribution in [1.29, 1.82) is 5.26 Å². The molecule has 11 heteroatoms. The lowest BCUT2D eigenvalue weighted by Crippen LogP contribution is -2.67. The molecule has 1 aromatic heterocycles. The molecule has 1 aliphatic heterocycles. The van der Waals surface area contributed by atoms with Gasteiger partial charge in [0.1, 0.15) is 11.9 Å². The quantitative estimate of drug-likeness (QED) is 0.620.